The van der Waals surface area contributed by atoms with E-state index in [9.17, 15) is 9.90 Å². The summed E-state index contributed by atoms with van der Waals surface area (Å²) < 4.78 is 29.3. The van der Waals surface area contributed by atoms with Gasteiger partial charge in [0.15, 0.2) is 0 Å². The van der Waals surface area contributed by atoms with Gasteiger partial charge >= 0.3 is 5.97 Å². The lowest BCUT2D eigenvalue weighted by molar-refractivity contribution is -0.145. The van der Waals surface area contributed by atoms with Crippen molar-refractivity contribution in [3.63, 3.8) is 0 Å². The molecule has 1 saturated carbocycles. The SMILES string of the molecule is COc1cc(-c2ccc(NC3(C(=O)O)CCOCC3)cc2CO[C@H]2COC3CCCCC32)cc(OC)c1C. The summed E-state index contributed by atoms with van der Waals surface area (Å²) in [6.07, 6.45) is 5.87. The van der Waals surface area contributed by atoms with E-state index in [1.54, 1.807) is 14.2 Å². The van der Waals surface area contributed by atoms with E-state index in [4.69, 9.17) is 23.7 Å². The number of fused-ring (bicyclic) bond motifs is 1. The average molecular weight is 526 g/mol. The molecule has 0 amide bonds. The Bertz CT molecular complexity index is 1120. The molecule has 1 aliphatic carbocycles. The molecule has 8 nitrogen and oxygen atoms in total. The molecule has 206 valence electrons. The van der Waals surface area contributed by atoms with Gasteiger partial charge in [-0.1, -0.05) is 18.9 Å². The lowest BCUT2D eigenvalue weighted by Gasteiger charge is -2.35. The minimum Gasteiger partial charge on any atom is -0.496 e. The summed E-state index contributed by atoms with van der Waals surface area (Å²) in [5, 5.41) is 13.4. The van der Waals surface area contributed by atoms with Gasteiger partial charge in [-0.15, -0.1) is 0 Å². The Morgan fingerprint density at radius 2 is 1.79 bits per heavy atom. The monoisotopic (exact) mass is 525 g/mol. The molecule has 0 bridgehead atoms. The number of rotatable bonds is 9. The second-order valence-corrected chi connectivity index (χ2v) is 10.7. The molecular formula is C30H39NO7. The number of hydrogen-bond donors (Lipinski definition) is 2. The largest absolute Gasteiger partial charge is 0.496 e. The molecule has 3 atom stereocenters. The van der Waals surface area contributed by atoms with Crippen LogP contribution in [0.2, 0.25) is 0 Å². The molecule has 5 rings (SSSR count). The van der Waals surface area contributed by atoms with Gasteiger partial charge in [0, 0.05) is 43.2 Å². The topological polar surface area (TPSA) is 95.5 Å². The average Bonchev–Trinajstić information content (AvgIpc) is 3.36. The first-order valence-electron chi connectivity index (χ1n) is 13.6. The van der Waals surface area contributed by atoms with E-state index < -0.39 is 11.5 Å². The van der Waals surface area contributed by atoms with Gasteiger partial charge in [-0.05, 0) is 60.7 Å². The van der Waals surface area contributed by atoms with Gasteiger partial charge in [0.05, 0.1) is 39.6 Å². The molecule has 2 heterocycles. The van der Waals surface area contributed by atoms with E-state index in [1.807, 2.05) is 37.3 Å². The summed E-state index contributed by atoms with van der Waals surface area (Å²) in [5.41, 5.74) is 3.54. The van der Waals surface area contributed by atoms with Crippen molar-refractivity contribution >= 4 is 11.7 Å². The Balaban J connectivity index is 1.48. The summed E-state index contributed by atoms with van der Waals surface area (Å²) in [5.74, 6) is 1.07. The van der Waals surface area contributed by atoms with Crippen molar-refractivity contribution < 1.29 is 33.6 Å². The molecule has 2 saturated heterocycles. The summed E-state index contributed by atoms with van der Waals surface area (Å²) in [7, 11) is 3.31. The zero-order valence-corrected chi connectivity index (χ0v) is 22.6. The van der Waals surface area contributed by atoms with Crippen LogP contribution in [0, 0.1) is 12.8 Å². The Labute approximate surface area is 224 Å². The van der Waals surface area contributed by atoms with Crippen molar-refractivity contribution in [3.05, 3.63) is 41.5 Å². The Morgan fingerprint density at radius 1 is 1.08 bits per heavy atom. The fourth-order valence-corrected chi connectivity index (χ4v) is 6.17. The van der Waals surface area contributed by atoms with E-state index in [-0.39, 0.29) is 6.10 Å². The number of nitrogens with one attached hydrogen (secondary N) is 1. The molecule has 0 aromatic heterocycles. The van der Waals surface area contributed by atoms with Crippen molar-refractivity contribution in [1.29, 1.82) is 0 Å². The van der Waals surface area contributed by atoms with E-state index in [2.05, 4.69) is 5.32 Å². The van der Waals surface area contributed by atoms with Crippen molar-refractivity contribution in [3.8, 4) is 22.6 Å². The van der Waals surface area contributed by atoms with E-state index in [0.29, 0.717) is 51.3 Å². The van der Waals surface area contributed by atoms with Gasteiger partial charge in [-0.3, -0.25) is 0 Å². The molecule has 3 aliphatic rings. The van der Waals surface area contributed by atoms with Crippen LogP contribution in [0.25, 0.3) is 11.1 Å². The van der Waals surface area contributed by atoms with Gasteiger partial charge in [-0.2, -0.15) is 0 Å². The quantitative estimate of drug-likeness (QED) is 0.461. The summed E-state index contributed by atoms with van der Waals surface area (Å²) in [6.45, 7) is 3.82. The number of carboxylic acids is 1. The van der Waals surface area contributed by atoms with Crippen LogP contribution in [0.5, 0.6) is 11.5 Å². The molecule has 8 heteroatoms. The first kappa shape index (κ1) is 26.8. The first-order valence-corrected chi connectivity index (χ1v) is 13.6. The second kappa shape index (κ2) is 11.5. The van der Waals surface area contributed by atoms with Crippen LogP contribution in [0.15, 0.2) is 30.3 Å². The third-order valence-electron chi connectivity index (χ3n) is 8.47. The molecular weight excluding hydrogens is 486 g/mol. The van der Waals surface area contributed by atoms with E-state index in [0.717, 1.165) is 52.3 Å². The van der Waals surface area contributed by atoms with E-state index in [1.165, 1.54) is 12.8 Å². The third-order valence-corrected chi connectivity index (χ3v) is 8.47. The fraction of sp³-hybridized carbons (Fsp3) is 0.567. The highest BCUT2D eigenvalue weighted by atomic mass is 16.6. The van der Waals surface area contributed by atoms with E-state index >= 15 is 0 Å². The minimum atomic E-state index is -1.05. The lowest BCUT2D eigenvalue weighted by atomic mass is 9.85. The molecule has 38 heavy (non-hydrogen) atoms. The molecule has 3 fully saturated rings. The predicted octanol–water partition coefficient (Wildman–Crippen LogP) is 5.20. The van der Waals surface area contributed by atoms with Gasteiger partial charge in [0.25, 0.3) is 0 Å². The number of anilines is 1. The summed E-state index contributed by atoms with van der Waals surface area (Å²) in [6, 6.07) is 10.00. The molecule has 0 spiro atoms. The standard InChI is InChI=1S/C30H39NO7/c1-19-26(34-2)15-20(16-27(19)35-3)23-9-8-22(31-30(29(32)33)10-12-36-13-11-30)14-21(23)17-37-28-18-38-25-7-5-4-6-24(25)28/h8-9,14-16,24-25,28,31H,4-7,10-13,17-18H2,1-3H3,(H,32,33)/t24?,25?,28-/m0/s1. The van der Waals surface area contributed by atoms with Crippen LogP contribution in [0.4, 0.5) is 5.69 Å². The van der Waals surface area contributed by atoms with Crippen LogP contribution in [-0.4, -0.2) is 62.9 Å². The third kappa shape index (κ3) is 5.35. The molecule has 0 radical (unpaired) electrons. The van der Waals surface area contributed by atoms with Crippen molar-refractivity contribution in [1.82, 2.24) is 0 Å². The van der Waals surface area contributed by atoms with Gasteiger partial charge in [0.2, 0.25) is 0 Å². The van der Waals surface area contributed by atoms with Crippen LogP contribution in [-0.2, 0) is 25.6 Å². The van der Waals surface area contributed by atoms with Crippen LogP contribution >= 0.6 is 0 Å². The van der Waals surface area contributed by atoms with Crippen LogP contribution < -0.4 is 14.8 Å². The van der Waals surface area contributed by atoms with Gasteiger partial charge in [0.1, 0.15) is 17.0 Å². The molecule has 2 N–H and O–H groups in total. The Morgan fingerprint density at radius 3 is 2.47 bits per heavy atom. The Kier molecular flexibility index (Phi) is 8.12. The number of carbonyl (C=O) groups is 1. The van der Waals surface area contributed by atoms with Crippen molar-refractivity contribution in [2.24, 2.45) is 5.92 Å². The summed E-state index contributed by atoms with van der Waals surface area (Å²) in [4.78, 5) is 12.3. The minimum absolute atomic E-state index is 0.0627. The van der Waals surface area contributed by atoms with Crippen molar-refractivity contribution in [2.75, 3.05) is 39.4 Å². The maximum absolute atomic E-state index is 12.3. The smallest absolute Gasteiger partial charge is 0.329 e. The zero-order valence-electron chi connectivity index (χ0n) is 22.6. The molecule has 2 unspecified atom stereocenters. The Hall–Kier alpha value is -2.81. The number of methoxy groups -OCH3 is 2. The highest BCUT2D eigenvalue weighted by Gasteiger charge is 2.41. The first-order chi connectivity index (χ1) is 18.4. The van der Waals surface area contributed by atoms with Gasteiger partial charge < -0.3 is 34.1 Å². The maximum Gasteiger partial charge on any atom is 0.329 e. The number of benzene rings is 2. The highest BCUT2D eigenvalue weighted by molar-refractivity contribution is 5.83. The van der Waals surface area contributed by atoms with Crippen LogP contribution in [0.3, 0.4) is 0 Å². The lowest BCUT2D eigenvalue weighted by Crippen LogP contribution is -2.50. The molecule has 2 aliphatic heterocycles. The second-order valence-electron chi connectivity index (χ2n) is 10.7. The molecule has 2 aromatic carbocycles. The molecule has 2 aromatic rings. The maximum atomic E-state index is 12.3. The number of carboxylic acid groups (broad SMARTS) is 1. The number of hydrogen-bond acceptors (Lipinski definition) is 7. The highest BCUT2D eigenvalue weighted by Crippen LogP contribution is 2.39. The van der Waals surface area contributed by atoms with Crippen LogP contribution in [0.1, 0.15) is 49.7 Å². The number of ether oxygens (including phenoxy) is 5. The van der Waals surface area contributed by atoms with Crippen molar-refractivity contribution in [2.45, 2.75) is 69.8 Å². The predicted molar refractivity (Wildman–Crippen MR) is 144 cm³/mol. The fourth-order valence-electron chi connectivity index (χ4n) is 6.17. The summed E-state index contributed by atoms with van der Waals surface area (Å²) >= 11 is 0. The van der Waals surface area contributed by atoms with Gasteiger partial charge in [-0.25, -0.2) is 4.79 Å². The number of aliphatic carboxylic acids is 1. The zero-order chi connectivity index (χ0) is 26.7. The normalized spacial score (nSPS) is 24.4.